The second-order valence-electron chi connectivity index (χ2n) is 17.2. The third kappa shape index (κ3) is 10.6. The molecule has 3 saturated carbocycles. The van der Waals surface area contributed by atoms with Crippen LogP contribution < -0.4 is 21.3 Å². The van der Waals surface area contributed by atoms with Crippen molar-refractivity contribution in [3.8, 4) is 0 Å². The van der Waals surface area contributed by atoms with Gasteiger partial charge in [-0.3, -0.25) is 19.2 Å². The zero-order valence-corrected chi connectivity index (χ0v) is 32.2. The van der Waals surface area contributed by atoms with Crippen molar-refractivity contribution in [3.63, 3.8) is 0 Å². The molecule has 14 heteroatoms. The Labute approximate surface area is 299 Å². The summed E-state index contributed by atoms with van der Waals surface area (Å²) in [6.45, 7) is 13.5. The van der Waals surface area contributed by atoms with Crippen LogP contribution >= 0.6 is 0 Å². The highest BCUT2D eigenvalue weighted by Crippen LogP contribution is 2.35. The van der Waals surface area contributed by atoms with Gasteiger partial charge in [0.1, 0.15) is 12.1 Å². The molecule has 5 amide bonds. The number of ketones is 1. The normalized spacial score (nSPS) is 22.4. The number of urea groups is 1. The topological polar surface area (TPSA) is 174 Å². The van der Waals surface area contributed by atoms with E-state index in [1.807, 2.05) is 41.5 Å². The summed E-state index contributed by atoms with van der Waals surface area (Å²) in [5.41, 5.74) is -2.37. The van der Waals surface area contributed by atoms with Gasteiger partial charge in [0.05, 0.1) is 17.3 Å². The van der Waals surface area contributed by atoms with E-state index in [1.54, 1.807) is 6.92 Å². The minimum atomic E-state index is -3.75. The van der Waals surface area contributed by atoms with E-state index in [2.05, 4.69) is 21.3 Å². The van der Waals surface area contributed by atoms with Crippen molar-refractivity contribution in [1.82, 2.24) is 30.5 Å². The lowest BCUT2D eigenvalue weighted by molar-refractivity contribution is -0.143. The highest BCUT2D eigenvalue weighted by Gasteiger charge is 2.46. The fourth-order valence-corrected chi connectivity index (χ4v) is 10.0. The Morgan fingerprint density at radius 2 is 1.52 bits per heavy atom. The van der Waals surface area contributed by atoms with Crippen LogP contribution in [0.2, 0.25) is 0 Å². The van der Waals surface area contributed by atoms with Gasteiger partial charge in [0.15, 0.2) is 0 Å². The highest BCUT2D eigenvalue weighted by molar-refractivity contribution is 7.89. The molecule has 3 atom stereocenters. The standard InChI is InChI=1S/C36H62N6O7S/c1-8-42(35(5,6)7)50(48,49)23-36(20-10-9-11-21-36)40-33(47)39-29(34(2,3)4)32(46)41-22-12-13-27(41)30(44)38-26(19-16-24-14-15-24)28(43)31(45)37-25-17-18-25/h24-27,29H,8-23H2,1-7H3,(H,37,45)(H,38,44)(H2,39,40,47)/t26?,27-,29+/m0/s1. The maximum absolute atomic E-state index is 14.2. The van der Waals surface area contributed by atoms with E-state index in [1.165, 1.54) is 9.21 Å². The first-order valence-corrected chi connectivity index (χ1v) is 20.4. The number of hydrogen-bond donors (Lipinski definition) is 4. The van der Waals surface area contributed by atoms with Crippen molar-refractivity contribution in [2.75, 3.05) is 18.8 Å². The lowest BCUT2D eigenvalue weighted by Crippen LogP contribution is -2.64. The van der Waals surface area contributed by atoms with Crippen molar-refractivity contribution < 1.29 is 32.4 Å². The molecule has 284 valence electrons. The van der Waals surface area contributed by atoms with Crippen molar-refractivity contribution in [2.45, 2.75) is 167 Å². The molecule has 1 saturated heterocycles. The first-order chi connectivity index (χ1) is 23.3. The number of hydrogen-bond acceptors (Lipinski definition) is 7. The van der Waals surface area contributed by atoms with Gasteiger partial charge in [-0.2, -0.15) is 4.31 Å². The summed E-state index contributed by atoms with van der Waals surface area (Å²) in [5, 5.41) is 11.4. The largest absolute Gasteiger partial charge is 0.347 e. The Morgan fingerprint density at radius 3 is 2.06 bits per heavy atom. The zero-order valence-electron chi connectivity index (χ0n) is 31.4. The quantitative estimate of drug-likeness (QED) is 0.188. The van der Waals surface area contributed by atoms with E-state index >= 15 is 0 Å². The number of sulfonamides is 1. The molecule has 4 fully saturated rings. The van der Waals surface area contributed by atoms with E-state index in [0.29, 0.717) is 51.1 Å². The van der Waals surface area contributed by atoms with Gasteiger partial charge in [0.25, 0.3) is 5.91 Å². The summed E-state index contributed by atoms with van der Waals surface area (Å²) in [5.74, 6) is -1.98. The van der Waals surface area contributed by atoms with Crippen molar-refractivity contribution in [2.24, 2.45) is 11.3 Å². The van der Waals surface area contributed by atoms with Crippen LogP contribution in [0.15, 0.2) is 0 Å². The molecule has 0 radical (unpaired) electrons. The first kappa shape index (κ1) is 40.0. The average molecular weight is 723 g/mol. The first-order valence-electron chi connectivity index (χ1n) is 18.8. The summed E-state index contributed by atoms with van der Waals surface area (Å²) < 4.78 is 28.9. The molecule has 0 aromatic heterocycles. The summed E-state index contributed by atoms with van der Waals surface area (Å²) in [7, 11) is -3.75. The zero-order chi connectivity index (χ0) is 37.1. The van der Waals surface area contributed by atoms with Crippen LogP contribution in [-0.4, -0.2) is 101 Å². The van der Waals surface area contributed by atoms with Gasteiger partial charge >= 0.3 is 6.03 Å². The number of Topliss-reactive ketones (excluding diaryl/α,β-unsaturated/α-hetero) is 1. The third-order valence-corrected chi connectivity index (χ3v) is 13.0. The number of likely N-dealkylation sites (tertiary alicyclic amines) is 1. The van der Waals surface area contributed by atoms with Gasteiger partial charge in [0.2, 0.25) is 27.6 Å². The van der Waals surface area contributed by atoms with Crippen LogP contribution in [-0.2, 0) is 29.2 Å². The van der Waals surface area contributed by atoms with Gasteiger partial charge in [0, 0.05) is 24.7 Å². The molecule has 1 unspecified atom stereocenters. The summed E-state index contributed by atoms with van der Waals surface area (Å²) >= 11 is 0. The molecule has 4 aliphatic rings. The van der Waals surface area contributed by atoms with Crippen molar-refractivity contribution in [1.29, 1.82) is 0 Å². The Kier molecular flexibility index (Phi) is 12.7. The lowest BCUT2D eigenvalue weighted by Gasteiger charge is -2.42. The molecule has 0 bridgehead atoms. The highest BCUT2D eigenvalue weighted by atomic mass is 32.2. The molecule has 3 aliphatic carbocycles. The predicted octanol–water partition coefficient (Wildman–Crippen LogP) is 3.37. The molecule has 13 nitrogen and oxygen atoms in total. The van der Waals surface area contributed by atoms with Crippen LogP contribution in [0, 0.1) is 11.3 Å². The molecule has 50 heavy (non-hydrogen) atoms. The Hall–Kier alpha value is -2.74. The van der Waals surface area contributed by atoms with Gasteiger partial charge in [-0.1, -0.05) is 59.8 Å². The minimum Gasteiger partial charge on any atom is -0.347 e. The third-order valence-electron chi connectivity index (χ3n) is 10.6. The monoisotopic (exact) mass is 722 g/mol. The van der Waals surface area contributed by atoms with Crippen LogP contribution in [0.1, 0.15) is 132 Å². The average Bonchev–Trinajstić information content (AvgIpc) is 3.94. The van der Waals surface area contributed by atoms with Crippen LogP contribution in [0.4, 0.5) is 4.79 Å². The molecule has 0 aromatic rings. The molecule has 4 rings (SSSR count). The fraction of sp³-hybridized carbons (Fsp3) is 0.861. The molecule has 1 aliphatic heterocycles. The maximum Gasteiger partial charge on any atom is 0.315 e. The molecule has 0 aromatic carbocycles. The number of nitrogens with zero attached hydrogens (tertiary/aromatic N) is 2. The van der Waals surface area contributed by atoms with E-state index in [4.69, 9.17) is 0 Å². The Balaban J connectivity index is 1.47. The van der Waals surface area contributed by atoms with Crippen LogP contribution in [0.5, 0.6) is 0 Å². The minimum absolute atomic E-state index is 0.0140. The Morgan fingerprint density at radius 1 is 0.880 bits per heavy atom. The molecule has 1 heterocycles. The number of nitrogens with one attached hydrogen (secondary N) is 4. The van der Waals surface area contributed by atoms with E-state index in [0.717, 1.165) is 51.4 Å². The Bertz CT molecular complexity index is 1370. The van der Waals surface area contributed by atoms with Gasteiger partial charge < -0.3 is 26.2 Å². The van der Waals surface area contributed by atoms with Crippen LogP contribution in [0.3, 0.4) is 0 Å². The second-order valence-corrected chi connectivity index (χ2v) is 19.1. The predicted molar refractivity (Wildman–Crippen MR) is 191 cm³/mol. The summed E-state index contributed by atoms with van der Waals surface area (Å²) in [6.07, 6.45) is 9.39. The smallest absolute Gasteiger partial charge is 0.315 e. The van der Waals surface area contributed by atoms with E-state index in [-0.39, 0.29) is 11.8 Å². The van der Waals surface area contributed by atoms with Gasteiger partial charge in [-0.25, -0.2) is 13.2 Å². The molecular weight excluding hydrogens is 660 g/mol. The second kappa shape index (κ2) is 15.9. The maximum atomic E-state index is 14.2. The summed E-state index contributed by atoms with van der Waals surface area (Å²) in [6, 6.07) is -3.45. The van der Waals surface area contributed by atoms with E-state index in [9.17, 15) is 32.4 Å². The van der Waals surface area contributed by atoms with Crippen LogP contribution in [0.25, 0.3) is 0 Å². The molecule has 4 N–H and O–H groups in total. The summed E-state index contributed by atoms with van der Waals surface area (Å²) in [4.78, 5) is 69.0. The number of carbonyl (C=O) groups excluding carboxylic acids is 5. The fourth-order valence-electron chi connectivity index (χ4n) is 7.56. The van der Waals surface area contributed by atoms with Crippen molar-refractivity contribution >= 4 is 39.6 Å². The molecule has 0 spiro atoms. The molecular formula is C36H62N6O7S. The number of rotatable bonds is 15. The number of amides is 5. The van der Waals surface area contributed by atoms with E-state index < -0.39 is 74.2 Å². The van der Waals surface area contributed by atoms with Gasteiger partial charge in [-0.05, 0) is 83.5 Å². The van der Waals surface area contributed by atoms with Crippen molar-refractivity contribution in [3.05, 3.63) is 0 Å². The van der Waals surface area contributed by atoms with Gasteiger partial charge in [-0.15, -0.1) is 0 Å². The number of carbonyl (C=O) groups is 5. The SMILES string of the molecule is CCN(C(C)(C)C)S(=O)(=O)CC1(NC(=O)N[C@H](C(=O)N2CCC[C@H]2C(=O)NC(CCC2CC2)C(=O)C(=O)NC2CC2)C(C)(C)C)CCCCC1. The lowest BCUT2D eigenvalue weighted by atomic mass is 9.83.